The zero-order valence-electron chi connectivity index (χ0n) is 13.7. The lowest BCUT2D eigenvalue weighted by molar-refractivity contribution is 0.354. The third kappa shape index (κ3) is 2.92. The molecule has 7 heteroatoms. The van der Waals surface area contributed by atoms with Gasteiger partial charge >= 0.3 is 0 Å². The predicted molar refractivity (Wildman–Crippen MR) is 92.2 cm³/mol. The first-order valence-corrected chi connectivity index (χ1v) is 9.05. The Morgan fingerprint density at radius 3 is 2.54 bits per heavy atom. The van der Waals surface area contributed by atoms with Gasteiger partial charge in [-0.05, 0) is 23.8 Å². The Hall–Kier alpha value is -2.25. The van der Waals surface area contributed by atoms with Crippen LogP contribution in [0.25, 0.3) is 0 Å². The van der Waals surface area contributed by atoms with Crippen LogP contribution >= 0.6 is 0 Å². The Morgan fingerprint density at radius 1 is 1.04 bits per heavy atom. The molecular weight excluding hydrogens is 328 g/mol. The summed E-state index contributed by atoms with van der Waals surface area (Å²) < 4.78 is 38.2. The zero-order chi connectivity index (χ0) is 17.2. The molecule has 0 bridgehead atoms. The van der Waals surface area contributed by atoms with Crippen LogP contribution in [0.15, 0.2) is 47.4 Å². The van der Waals surface area contributed by atoms with Gasteiger partial charge in [0.05, 0.1) is 24.8 Å². The molecule has 0 unspecified atom stereocenters. The van der Waals surface area contributed by atoms with Gasteiger partial charge in [-0.15, -0.1) is 0 Å². The Labute approximate surface area is 142 Å². The van der Waals surface area contributed by atoms with E-state index in [4.69, 9.17) is 9.47 Å². The topological polar surface area (TPSA) is 67.9 Å². The highest BCUT2D eigenvalue weighted by Crippen LogP contribution is 2.33. The minimum atomic E-state index is -3.70. The molecule has 1 N–H and O–H groups in total. The van der Waals surface area contributed by atoms with E-state index in [-0.39, 0.29) is 4.90 Å². The molecule has 2 aromatic carbocycles. The number of hydrogen-bond donors (Lipinski definition) is 1. The highest BCUT2D eigenvalue weighted by Gasteiger charge is 2.28. The molecule has 3 rings (SSSR count). The van der Waals surface area contributed by atoms with Crippen LogP contribution in [-0.4, -0.2) is 35.7 Å². The Bertz CT molecular complexity index is 836. The van der Waals surface area contributed by atoms with Gasteiger partial charge in [0.1, 0.15) is 0 Å². The summed E-state index contributed by atoms with van der Waals surface area (Å²) >= 11 is 0. The number of fused-ring (bicyclic) bond motifs is 1. The number of hydrogen-bond acceptors (Lipinski definition) is 5. The van der Waals surface area contributed by atoms with Crippen molar-refractivity contribution in [3.63, 3.8) is 0 Å². The first kappa shape index (κ1) is 16.6. The summed E-state index contributed by atoms with van der Waals surface area (Å²) in [6.07, 6.45) is 0. The number of nitrogens with zero attached hydrogens (tertiary/aromatic N) is 1. The van der Waals surface area contributed by atoms with Gasteiger partial charge in [0.25, 0.3) is 10.0 Å². The first-order valence-electron chi connectivity index (χ1n) is 7.61. The number of para-hydroxylation sites is 1. The smallest absolute Gasteiger partial charge is 0.264 e. The molecule has 0 aliphatic carbocycles. The summed E-state index contributed by atoms with van der Waals surface area (Å²) in [5.41, 5.74) is 1.66. The first-order chi connectivity index (χ1) is 11.6. The Morgan fingerprint density at radius 2 is 1.79 bits per heavy atom. The average Bonchev–Trinajstić information content (AvgIpc) is 2.84. The number of benzene rings is 2. The summed E-state index contributed by atoms with van der Waals surface area (Å²) in [5.74, 6) is 0.884. The van der Waals surface area contributed by atoms with Crippen molar-refractivity contribution in [2.24, 2.45) is 0 Å². The van der Waals surface area contributed by atoms with Crippen molar-refractivity contribution in [2.45, 2.75) is 11.4 Å². The van der Waals surface area contributed by atoms with Crippen molar-refractivity contribution in [1.82, 2.24) is 5.32 Å². The lowest BCUT2D eigenvalue weighted by atomic mass is 10.2. The molecular formula is C17H20N2O4S. The van der Waals surface area contributed by atoms with Crippen LogP contribution in [0.1, 0.15) is 5.56 Å². The van der Waals surface area contributed by atoms with Crippen molar-refractivity contribution >= 4 is 15.7 Å². The summed E-state index contributed by atoms with van der Waals surface area (Å²) in [7, 11) is -0.696. The highest BCUT2D eigenvalue weighted by atomic mass is 32.2. The fourth-order valence-electron chi connectivity index (χ4n) is 2.78. The minimum Gasteiger partial charge on any atom is -0.493 e. The van der Waals surface area contributed by atoms with Gasteiger partial charge in [-0.3, -0.25) is 4.31 Å². The molecule has 6 nitrogen and oxygen atoms in total. The highest BCUT2D eigenvalue weighted by molar-refractivity contribution is 7.92. The van der Waals surface area contributed by atoms with E-state index in [1.807, 2.05) is 24.3 Å². The molecule has 0 fully saturated rings. The summed E-state index contributed by atoms with van der Waals surface area (Å²) in [6.45, 7) is 1.60. The van der Waals surface area contributed by atoms with Crippen molar-refractivity contribution in [1.29, 1.82) is 0 Å². The molecule has 0 saturated heterocycles. The summed E-state index contributed by atoms with van der Waals surface area (Å²) in [4.78, 5) is 0.178. The van der Waals surface area contributed by atoms with Crippen LogP contribution in [0.2, 0.25) is 0 Å². The summed E-state index contributed by atoms with van der Waals surface area (Å²) in [6, 6.07) is 12.2. The normalized spacial score (nSPS) is 14.7. The molecule has 1 aliphatic rings. The lowest BCUT2D eigenvalue weighted by Crippen LogP contribution is -2.34. The predicted octanol–water partition coefficient (Wildman–Crippen LogP) is 2.00. The SMILES string of the molecule is COc1ccc(S(=O)(=O)N2CCNCc3ccccc32)cc1OC. The van der Waals surface area contributed by atoms with E-state index in [2.05, 4.69) is 5.32 Å². The van der Waals surface area contributed by atoms with Crippen LogP contribution in [-0.2, 0) is 16.6 Å². The summed E-state index contributed by atoms with van der Waals surface area (Å²) in [5, 5.41) is 3.25. The number of anilines is 1. The molecule has 2 aromatic rings. The fraction of sp³-hybridized carbons (Fsp3) is 0.294. The maximum Gasteiger partial charge on any atom is 0.264 e. The maximum absolute atomic E-state index is 13.2. The monoisotopic (exact) mass is 348 g/mol. The number of nitrogens with one attached hydrogen (secondary N) is 1. The Kier molecular flexibility index (Phi) is 4.64. The van der Waals surface area contributed by atoms with Gasteiger partial charge in [-0.2, -0.15) is 0 Å². The van der Waals surface area contributed by atoms with E-state index in [0.29, 0.717) is 36.8 Å². The molecule has 24 heavy (non-hydrogen) atoms. The molecule has 0 saturated carbocycles. The van der Waals surface area contributed by atoms with Crippen molar-refractivity contribution in [3.8, 4) is 11.5 Å². The molecule has 0 aromatic heterocycles. The van der Waals surface area contributed by atoms with Gasteiger partial charge in [-0.25, -0.2) is 8.42 Å². The van der Waals surface area contributed by atoms with Gasteiger partial charge in [-0.1, -0.05) is 18.2 Å². The van der Waals surface area contributed by atoms with Crippen LogP contribution in [0.4, 0.5) is 5.69 Å². The molecule has 1 aliphatic heterocycles. The van der Waals surface area contributed by atoms with Crippen molar-refractivity contribution in [3.05, 3.63) is 48.0 Å². The van der Waals surface area contributed by atoms with E-state index in [9.17, 15) is 8.42 Å². The third-order valence-electron chi connectivity index (χ3n) is 4.01. The maximum atomic E-state index is 13.2. The number of sulfonamides is 1. The van der Waals surface area contributed by atoms with E-state index >= 15 is 0 Å². The van der Waals surface area contributed by atoms with Gasteiger partial charge in [0.15, 0.2) is 11.5 Å². The van der Waals surface area contributed by atoms with Gasteiger partial charge in [0, 0.05) is 25.7 Å². The van der Waals surface area contributed by atoms with E-state index in [1.54, 1.807) is 6.07 Å². The largest absolute Gasteiger partial charge is 0.493 e. The van der Waals surface area contributed by atoms with E-state index in [0.717, 1.165) is 5.56 Å². The van der Waals surface area contributed by atoms with Crippen molar-refractivity contribution < 1.29 is 17.9 Å². The van der Waals surface area contributed by atoms with Crippen LogP contribution in [0, 0.1) is 0 Å². The lowest BCUT2D eigenvalue weighted by Gasteiger charge is -2.24. The fourth-order valence-corrected chi connectivity index (χ4v) is 4.30. The molecule has 128 valence electrons. The second-order valence-corrected chi connectivity index (χ2v) is 7.26. The number of ether oxygens (including phenoxy) is 2. The number of rotatable bonds is 4. The standard InChI is InChI=1S/C17H20N2O4S/c1-22-16-8-7-14(11-17(16)23-2)24(20,21)19-10-9-18-12-13-5-3-4-6-15(13)19/h3-8,11,18H,9-10,12H2,1-2H3. The third-order valence-corrected chi connectivity index (χ3v) is 5.82. The zero-order valence-corrected chi connectivity index (χ0v) is 14.5. The van der Waals surface area contributed by atoms with Gasteiger partial charge < -0.3 is 14.8 Å². The second kappa shape index (κ2) is 6.70. The molecule has 0 amide bonds. The molecule has 0 spiro atoms. The quantitative estimate of drug-likeness (QED) is 0.915. The minimum absolute atomic E-state index is 0.178. The van der Waals surface area contributed by atoms with Crippen LogP contribution in [0.5, 0.6) is 11.5 Å². The average molecular weight is 348 g/mol. The molecule has 1 heterocycles. The van der Waals surface area contributed by atoms with E-state index < -0.39 is 10.0 Å². The van der Waals surface area contributed by atoms with Crippen LogP contribution in [0.3, 0.4) is 0 Å². The van der Waals surface area contributed by atoms with Crippen LogP contribution < -0.4 is 19.1 Å². The number of methoxy groups -OCH3 is 2. The van der Waals surface area contributed by atoms with Gasteiger partial charge in [0.2, 0.25) is 0 Å². The van der Waals surface area contributed by atoms with E-state index in [1.165, 1.54) is 30.7 Å². The molecule has 0 radical (unpaired) electrons. The molecule has 0 atom stereocenters. The Balaban J connectivity index is 2.08. The second-order valence-electron chi connectivity index (χ2n) is 5.40. The van der Waals surface area contributed by atoms with Crippen molar-refractivity contribution in [2.75, 3.05) is 31.6 Å².